The monoisotopic (exact) mass is 458 g/mol. The van der Waals surface area contributed by atoms with Crippen LogP contribution < -0.4 is 4.72 Å². The first-order valence-electron chi connectivity index (χ1n) is 9.94. The van der Waals surface area contributed by atoms with Gasteiger partial charge in [0.05, 0.1) is 11.5 Å². The van der Waals surface area contributed by atoms with E-state index in [-0.39, 0.29) is 10.8 Å². The van der Waals surface area contributed by atoms with Crippen molar-refractivity contribution >= 4 is 27.3 Å². The standard InChI is InChI=1S/C23H26N2O4S2/c1-29-16-15-25(18-19-6-3-2-4-7-19)23(26)20-9-11-22(12-10-20)31(27,28)24-14-13-21-8-5-17-30-21/h2-12,17,24H,13-16,18H2,1H3. The number of carbonyl (C=O) groups excluding carboxylic acids is 1. The zero-order chi connectivity index (χ0) is 22.1. The molecular formula is C23H26N2O4S2. The molecule has 0 unspecified atom stereocenters. The average molecular weight is 459 g/mol. The third kappa shape index (κ3) is 6.73. The fourth-order valence-corrected chi connectivity index (χ4v) is 4.80. The van der Waals surface area contributed by atoms with Gasteiger partial charge < -0.3 is 9.64 Å². The van der Waals surface area contributed by atoms with Crippen LogP contribution in [0.25, 0.3) is 0 Å². The van der Waals surface area contributed by atoms with Crippen LogP contribution in [0.1, 0.15) is 20.8 Å². The van der Waals surface area contributed by atoms with E-state index in [9.17, 15) is 13.2 Å². The Morgan fingerprint density at radius 3 is 2.42 bits per heavy atom. The molecule has 0 atom stereocenters. The van der Waals surface area contributed by atoms with E-state index in [0.717, 1.165) is 10.4 Å². The number of sulfonamides is 1. The van der Waals surface area contributed by atoms with Gasteiger partial charge in [0.1, 0.15) is 0 Å². The highest BCUT2D eigenvalue weighted by Gasteiger charge is 2.18. The summed E-state index contributed by atoms with van der Waals surface area (Å²) < 4.78 is 32.8. The van der Waals surface area contributed by atoms with E-state index in [1.807, 2.05) is 47.8 Å². The van der Waals surface area contributed by atoms with E-state index in [2.05, 4.69) is 4.72 Å². The molecule has 0 saturated carbocycles. The van der Waals surface area contributed by atoms with Crippen molar-refractivity contribution in [3.05, 3.63) is 88.1 Å². The number of ether oxygens (including phenoxy) is 1. The summed E-state index contributed by atoms with van der Waals surface area (Å²) in [5.74, 6) is -0.171. The number of hydrogen-bond donors (Lipinski definition) is 1. The van der Waals surface area contributed by atoms with Crippen molar-refractivity contribution in [2.75, 3.05) is 26.8 Å². The second kappa shape index (κ2) is 11.2. The first kappa shape index (κ1) is 23.1. The summed E-state index contributed by atoms with van der Waals surface area (Å²) in [5.41, 5.74) is 1.45. The van der Waals surface area contributed by atoms with Crippen LogP contribution in [0, 0.1) is 0 Å². The van der Waals surface area contributed by atoms with Crippen LogP contribution in [0.15, 0.2) is 77.0 Å². The number of amides is 1. The summed E-state index contributed by atoms with van der Waals surface area (Å²) in [7, 11) is -2.04. The molecule has 1 heterocycles. The SMILES string of the molecule is COCCN(Cc1ccccc1)C(=O)c1ccc(S(=O)(=O)NCCc2cccs2)cc1. The molecule has 0 aliphatic rings. The lowest BCUT2D eigenvalue weighted by Crippen LogP contribution is -2.33. The number of nitrogens with zero attached hydrogens (tertiary/aromatic N) is 1. The van der Waals surface area contributed by atoms with Gasteiger partial charge in [0.15, 0.2) is 0 Å². The second-order valence-corrected chi connectivity index (χ2v) is 9.76. The number of thiophene rings is 1. The summed E-state index contributed by atoms with van der Waals surface area (Å²) in [6.07, 6.45) is 0.640. The second-order valence-electron chi connectivity index (χ2n) is 6.96. The molecule has 1 amide bonds. The lowest BCUT2D eigenvalue weighted by atomic mass is 10.1. The van der Waals surface area contributed by atoms with E-state index in [0.29, 0.717) is 38.2 Å². The fraction of sp³-hybridized carbons (Fsp3) is 0.261. The number of carbonyl (C=O) groups is 1. The minimum absolute atomic E-state index is 0.140. The molecule has 2 aromatic carbocycles. The summed E-state index contributed by atoms with van der Waals surface area (Å²) in [6, 6.07) is 19.7. The highest BCUT2D eigenvalue weighted by Crippen LogP contribution is 2.15. The highest BCUT2D eigenvalue weighted by atomic mass is 32.2. The van der Waals surface area contributed by atoms with Crippen molar-refractivity contribution in [2.24, 2.45) is 0 Å². The van der Waals surface area contributed by atoms with Gasteiger partial charge in [-0.15, -0.1) is 11.3 Å². The summed E-state index contributed by atoms with van der Waals surface area (Å²) in [4.78, 5) is 16.0. The Labute approximate surface area is 187 Å². The van der Waals surface area contributed by atoms with E-state index in [1.165, 1.54) is 12.1 Å². The maximum Gasteiger partial charge on any atom is 0.254 e. The van der Waals surface area contributed by atoms with Crippen molar-refractivity contribution in [3.63, 3.8) is 0 Å². The molecule has 0 fully saturated rings. The minimum Gasteiger partial charge on any atom is -0.383 e. The van der Waals surface area contributed by atoms with E-state index >= 15 is 0 Å². The Morgan fingerprint density at radius 1 is 1.03 bits per heavy atom. The van der Waals surface area contributed by atoms with Crippen LogP contribution >= 0.6 is 11.3 Å². The van der Waals surface area contributed by atoms with Crippen LogP contribution in [0.3, 0.4) is 0 Å². The highest BCUT2D eigenvalue weighted by molar-refractivity contribution is 7.89. The van der Waals surface area contributed by atoms with E-state index in [1.54, 1.807) is 35.5 Å². The van der Waals surface area contributed by atoms with Crippen LogP contribution in [-0.4, -0.2) is 46.0 Å². The van der Waals surface area contributed by atoms with Crippen LogP contribution in [0.4, 0.5) is 0 Å². The smallest absolute Gasteiger partial charge is 0.254 e. The molecule has 164 valence electrons. The van der Waals surface area contributed by atoms with Crippen molar-refractivity contribution in [2.45, 2.75) is 17.9 Å². The molecule has 8 heteroatoms. The maximum absolute atomic E-state index is 13.0. The molecule has 1 N–H and O–H groups in total. The Kier molecular flexibility index (Phi) is 8.36. The summed E-state index contributed by atoms with van der Waals surface area (Å²) >= 11 is 1.60. The number of methoxy groups -OCH3 is 1. The van der Waals surface area contributed by atoms with Gasteiger partial charge in [-0.3, -0.25) is 4.79 Å². The van der Waals surface area contributed by atoms with Crippen LogP contribution in [-0.2, 0) is 27.7 Å². The van der Waals surface area contributed by atoms with Gasteiger partial charge in [-0.2, -0.15) is 0 Å². The Morgan fingerprint density at radius 2 is 1.77 bits per heavy atom. The van der Waals surface area contributed by atoms with E-state index in [4.69, 9.17) is 4.74 Å². The Hall–Kier alpha value is -2.52. The van der Waals surface area contributed by atoms with Gasteiger partial charge in [0.2, 0.25) is 10.0 Å². The molecule has 0 aliphatic carbocycles. The molecule has 31 heavy (non-hydrogen) atoms. The van der Waals surface area contributed by atoms with Crippen LogP contribution in [0.2, 0.25) is 0 Å². The van der Waals surface area contributed by atoms with Crippen molar-refractivity contribution in [1.29, 1.82) is 0 Å². The first-order valence-corrected chi connectivity index (χ1v) is 12.3. The molecule has 0 spiro atoms. The minimum atomic E-state index is -3.63. The molecular weight excluding hydrogens is 432 g/mol. The van der Waals surface area contributed by atoms with Gasteiger partial charge in [-0.1, -0.05) is 36.4 Å². The zero-order valence-corrected chi connectivity index (χ0v) is 19.0. The molecule has 0 aliphatic heterocycles. The van der Waals surface area contributed by atoms with Gasteiger partial charge in [-0.25, -0.2) is 13.1 Å². The number of nitrogens with one attached hydrogen (secondary N) is 1. The van der Waals surface area contributed by atoms with Crippen molar-refractivity contribution in [1.82, 2.24) is 9.62 Å². The largest absolute Gasteiger partial charge is 0.383 e. The summed E-state index contributed by atoms with van der Waals surface area (Å²) in [6.45, 7) is 1.63. The molecule has 6 nitrogen and oxygen atoms in total. The first-order chi connectivity index (χ1) is 15.0. The van der Waals surface area contributed by atoms with Gasteiger partial charge in [0.25, 0.3) is 5.91 Å². The lowest BCUT2D eigenvalue weighted by Gasteiger charge is -2.23. The molecule has 0 radical (unpaired) electrons. The normalized spacial score (nSPS) is 11.4. The molecule has 0 saturated heterocycles. The third-order valence-electron chi connectivity index (χ3n) is 4.72. The predicted octanol–water partition coefficient (Wildman–Crippen LogP) is 3.56. The summed E-state index contributed by atoms with van der Waals surface area (Å²) in [5, 5.41) is 1.97. The van der Waals surface area contributed by atoms with Gasteiger partial charge >= 0.3 is 0 Å². The molecule has 3 rings (SSSR count). The Balaban J connectivity index is 1.66. The molecule has 0 bridgehead atoms. The van der Waals surface area contributed by atoms with E-state index < -0.39 is 10.0 Å². The van der Waals surface area contributed by atoms with Gasteiger partial charge in [-0.05, 0) is 47.7 Å². The van der Waals surface area contributed by atoms with Crippen LogP contribution in [0.5, 0.6) is 0 Å². The van der Waals surface area contributed by atoms with Gasteiger partial charge in [0, 0.05) is 37.2 Å². The molecule has 3 aromatic rings. The topological polar surface area (TPSA) is 75.7 Å². The zero-order valence-electron chi connectivity index (χ0n) is 17.4. The number of benzene rings is 2. The van der Waals surface area contributed by atoms with Crippen molar-refractivity contribution < 1.29 is 17.9 Å². The lowest BCUT2D eigenvalue weighted by molar-refractivity contribution is 0.0680. The Bertz CT molecular complexity index is 1050. The quantitative estimate of drug-likeness (QED) is 0.477. The molecule has 1 aromatic heterocycles. The number of hydrogen-bond acceptors (Lipinski definition) is 5. The van der Waals surface area contributed by atoms with Crippen molar-refractivity contribution in [3.8, 4) is 0 Å². The maximum atomic E-state index is 13.0. The average Bonchev–Trinajstić information content (AvgIpc) is 3.30. The fourth-order valence-electron chi connectivity index (χ4n) is 3.06. The number of rotatable bonds is 11. The third-order valence-corrected chi connectivity index (χ3v) is 7.14. The predicted molar refractivity (Wildman–Crippen MR) is 123 cm³/mol.